The molecule has 0 saturated carbocycles. The van der Waals surface area contributed by atoms with Crippen molar-refractivity contribution in [1.29, 1.82) is 0 Å². The lowest BCUT2D eigenvalue weighted by molar-refractivity contribution is -0.122. The van der Waals surface area contributed by atoms with E-state index < -0.39 is 17.6 Å². The Kier molecular flexibility index (Phi) is 5.01. The molecule has 3 heterocycles. The molecule has 150 valence electrons. The van der Waals surface area contributed by atoms with Gasteiger partial charge in [0.2, 0.25) is 0 Å². The fraction of sp³-hybridized carbons (Fsp3) is 0.0909. The molecule has 6 nitrogen and oxygen atoms in total. The van der Waals surface area contributed by atoms with E-state index >= 15 is 0 Å². The first-order valence-corrected chi connectivity index (χ1v) is 9.54. The van der Waals surface area contributed by atoms with Gasteiger partial charge in [-0.05, 0) is 68.0 Å². The van der Waals surface area contributed by atoms with Crippen LogP contribution in [0.15, 0.2) is 60.4 Å². The van der Waals surface area contributed by atoms with Crippen LogP contribution in [0, 0.1) is 19.7 Å². The van der Waals surface area contributed by atoms with E-state index in [0.717, 1.165) is 22.0 Å². The number of rotatable bonds is 3. The van der Waals surface area contributed by atoms with Gasteiger partial charge in [-0.15, -0.1) is 0 Å². The average molecular weight is 420 g/mol. The number of nitrogens with one attached hydrogen (secondary N) is 1. The molecular weight excluding hydrogens is 403 g/mol. The Morgan fingerprint density at radius 2 is 1.90 bits per heavy atom. The van der Waals surface area contributed by atoms with Crippen LogP contribution in [0.2, 0.25) is 0 Å². The molecule has 1 fully saturated rings. The number of anilines is 1. The van der Waals surface area contributed by atoms with Gasteiger partial charge in [0, 0.05) is 17.6 Å². The largest absolute Gasteiger partial charge is 0.316 e. The van der Waals surface area contributed by atoms with Crippen molar-refractivity contribution in [2.45, 2.75) is 13.8 Å². The van der Waals surface area contributed by atoms with Crippen molar-refractivity contribution >= 4 is 40.9 Å². The summed E-state index contributed by atoms with van der Waals surface area (Å²) in [4.78, 5) is 30.8. The molecule has 1 aliphatic rings. The molecule has 0 atom stereocenters. The van der Waals surface area contributed by atoms with E-state index in [1.54, 1.807) is 18.5 Å². The molecule has 2 aromatic heterocycles. The highest BCUT2D eigenvalue weighted by Gasteiger charge is 2.35. The molecule has 30 heavy (non-hydrogen) atoms. The Balaban J connectivity index is 1.78. The number of hydrogen-bond donors (Lipinski definition) is 1. The summed E-state index contributed by atoms with van der Waals surface area (Å²) in [5.74, 6) is -1.91. The monoisotopic (exact) mass is 420 g/mol. The normalized spacial score (nSPS) is 15.6. The number of carbonyl (C=O) groups is 2. The number of nitrogens with zero attached hydrogens (tertiary/aromatic N) is 3. The molecule has 0 spiro atoms. The molecule has 0 aliphatic carbocycles. The Morgan fingerprint density at radius 3 is 2.60 bits per heavy atom. The lowest BCUT2D eigenvalue weighted by Gasteiger charge is -2.29. The van der Waals surface area contributed by atoms with Gasteiger partial charge in [-0.25, -0.2) is 9.29 Å². The molecule has 2 amide bonds. The van der Waals surface area contributed by atoms with E-state index in [2.05, 4.69) is 10.3 Å². The number of carbonyl (C=O) groups excluding carboxylic acids is 2. The first-order valence-electron chi connectivity index (χ1n) is 9.14. The van der Waals surface area contributed by atoms with Gasteiger partial charge >= 0.3 is 0 Å². The van der Waals surface area contributed by atoms with Gasteiger partial charge in [0.1, 0.15) is 11.4 Å². The highest BCUT2D eigenvalue weighted by atomic mass is 32.1. The summed E-state index contributed by atoms with van der Waals surface area (Å²) >= 11 is 5.12. The maximum atomic E-state index is 14.3. The zero-order chi connectivity index (χ0) is 21.4. The minimum Gasteiger partial charge on any atom is -0.316 e. The van der Waals surface area contributed by atoms with Crippen LogP contribution in [-0.4, -0.2) is 26.5 Å². The summed E-state index contributed by atoms with van der Waals surface area (Å²) in [7, 11) is 0. The molecule has 8 heteroatoms. The van der Waals surface area contributed by atoms with Crippen LogP contribution < -0.4 is 10.2 Å². The van der Waals surface area contributed by atoms with Gasteiger partial charge in [0.25, 0.3) is 11.8 Å². The van der Waals surface area contributed by atoms with E-state index in [9.17, 15) is 14.0 Å². The summed E-state index contributed by atoms with van der Waals surface area (Å²) < 4.78 is 16.3. The maximum Gasteiger partial charge on any atom is 0.270 e. The average Bonchev–Trinajstić information content (AvgIpc) is 3.00. The minimum atomic E-state index is -0.681. The number of halogens is 1. The van der Waals surface area contributed by atoms with Crippen molar-refractivity contribution < 1.29 is 14.0 Å². The molecule has 4 rings (SSSR count). The zero-order valence-electron chi connectivity index (χ0n) is 16.2. The Morgan fingerprint density at radius 1 is 1.13 bits per heavy atom. The van der Waals surface area contributed by atoms with E-state index in [0.29, 0.717) is 5.56 Å². The molecule has 3 aromatic rings. The summed E-state index contributed by atoms with van der Waals surface area (Å²) in [6.45, 7) is 3.81. The third kappa shape index (κ3) is 3.31. The van der Waals surface area contributed by atoms with Gasteiger partial charge < -0.3 is 4.57 Å². The van der Waals surface area contributed by atoms with Crippen LogP contribution in [0.5, 0.6) is 0 Å². The van der Waals surface area contributed by atoms with Crippen LogP contribution in [-0.2, 0) is 9.59 Å². The molecule has 1 aromatic carbocycles. The minimum absolute atomic E-state index is 0.0146. The van der Waals surface area contributed by atoms with Crippen molar-refractivity contribution in [3.63, 3.8) is 0 Å². The number of para-hydroxylation sites is 1. The summed E-state index contributed by atoms with van der Waals surface area (Å²) in [5, 5.41) is 2.32. The fourth-order valence-corrected chi connectivity index (χ4v) is 3.76. The molecule has 1 N–H and O–H groups in total. The van der Waals surface area contributed by atoms with Crippen LogP contribution >= 0.6 is 12.2 Å². The number of aryl methyl sites for hydroxylation is 1. The van der Waals surface area contributed by atoms with Crippen LogP contribution in [0.4, 0.5) is 10.1 Å². The smallest absolute Gasteiger partial charge is 0.270 e. The predicted molar refractivity (Wildman–Crippen MR) is 116 cm³/mol. The van der Waals surface area contributed by atoms with Crippen molar-refractivity contribution in [1.82, 2.24) is 14.9 Å². The SMILES string of the molecule is Cc1cc(C=C2C(=O)NC(=S)N(c3ccccc3F)C2=O)c(C)n1-c1cccnc1. The second-order valence-electron chi connectivity index (χ2n) is 6.78. The lowest BCUT2D eigenvalue weighted by Crippen LogP contribution is -2.54. The summed E-state index contributed by atoms with van der Waals surface area (Å²) in [6.07, 6.45) is 4.92. The first-order chi connectivity index (χ1) is 14.4. The lowest BCUT2D eigenvalue weighted by atomic mass is 10.1. The molecule has 0 bridgehead atoms. The van der Waals surface area contributed by atoms with Gasteiger partial charge in [-0.2, -0.15) is 0 Å². The first kappa shape index (κ1) is 19.7. The van der Waals surface area contributed by atoms with Gasteiger partial charge in [0.15, 0.2) is 5.11 Å². The van der Waals surface area contributed by atoms with Crippen molar-refractivity contribution in [2.24, 2.45) is 0 Å². The number of hydrogen-bond acceptors (Lipinski definition) is 4. The quantitative estimate of drug-likeness (QED) is 0.400. The van der Waals surface area contributed by atoms with E-state index in [1.807, 2.05) is 36.6 Å². The topological polar surface area (TPSA) is 67.2 Å². The van der Waals surface area contributed by atoms with E-state index in [1.165, 1.54) is 24.3 Å². The molecule has 1 saturated heterocycles. The summed E-state index contributed by atoms with van der Waals surface area (Å²) in [6, 6.07) is 11.4. The fourth-order valence-electron chi connectivity index (χ4n) is 3.48. The third-order valence-electron chi connectivity index (χ3n) is 4.87. The van der Waals surface area contributed by atoms with Crippen molar-refractivity contribution in [2.75, 3.05) is 4.90 Å². The number of pyridine rings is 1. The van der Waals surface area contributed by atoms with E-state index in [-0.39, 0.29) is 16.4 Å². The molecule has 1 aliphatic heterocycles. The zero-order valence-corrected chi connectivity index (χ0v) is 17.0. The Hall–Kier alpha value is -3.65. The van der Waals surface area contributed by atoms with Gasteiger partial charge in [-0.3, -0.25) is 19.9 Å². The molecular formula is C22H17FN4O2S. The standard InChI is InChI=1S/C22H17FN4O2S/c1-13-10-15(14(2)26(13)16-6-5-9-24-12-16)11-17-20(28)25-22(30)27(21(17)29)19-8-4-3-7-18(19)23/h3-12H,1-2H3,(H,25,28,30). The second kappa shape index (κ2) is 7.64. The maximum absolute atomic E-state index is 14.3. The number of amides is 2. The van der Waals surface area contributed by atoms with Crippen molar-refractivity contribution in [3.8, 4) is 5.69 Å². The third-order valence-corrected chi connectivity index (χ3v) is 5.15. The number of aromatic nitrogens is 2. The van der Waals surface area contributed by atoms with Crippen molar-refractivity contribution in [3.05, 3.63) is 83.2 Å². The van der Waals surface area contributed by atoms with E-state index in [4.69, 9.17) is 12.2 Å². The van der Waals surface area contributed by atoms with Gasteiger partial charge in [-0.1, -0.05) is 12.1 Å². The number of benzene rings is 1. The summed E-state index contributed by atoms with van der Waals surface area (Å²) in [5.41, 5.74) is 3.16. The second-order valence-corrected chi connectivity index (χ2v) is 7.17. The molecule has 0 unspecified atom stereocenters. The number of thiocarbonyl (C=S) groups is 1. The van der Waals surface area contributed by atoms with Crippen LogP contribution in [0.1, 0.15) is 17.0 Å². The highest BCUT2D eigenvalue weighted by molar-refractivity contribution is 7.80. The van der Waals surface area contributed by atoms with Crippen LogP contribution in [0.3, 0.4) is 0 Å². The van der Waals surface area contributed by atoms with Gasteiger partial charge in [0.05, 0.1) is 17.6 Å². The molecule has 0 radical (unpaired) electrons. The Bertz CT molecular complexity index is 1220. The predicted octanol–water partition coefficient (Wildman–Crippen LogP) is 3.46. The van der Waals surface area contributed by atoms with Crippen LogP contribution in [0.25, 0.3) is 11.8 Å². The Labute approximate surface area is 177 Å². The highest BCUT2D eigenvalue weighted by Crippen LogP contribution is 2.27.